The number of fused-ring (bicyclic) bond motifs is 1. The third-order valence-electron chi connectivity index (χ3n) is 4.21. The Morgan fingerprint density at radius 2 is 2.19 bits per heavy atom. The van der Waals surface area contributed by atoms with Crippen LogP contribution in [0.5, 0.6) is 5.75 Å². The number of nitriles is 1. The van der Waals surface area contributed by atoms with E-state index in [0.717, 1.165) is 35.3 Å². The van der Waals surface area contributed by atoms with Crippen molar-refractivity contribution in [3.05, 3.63) is 45.8 Å². The van der Waals surface area contributed by atoms with Gasteiger partial charge < -0.3 is 14.8 Å². The summed E-state index contributed by atoms with van der Waals surface area (Å²) < 4.78 is 10.5. The van der Waals surface area contributed by atoms with E-state index in [1.54, 1.807) is 0 Å². The first-order valence-corrected chi connectivity index (χ1v) is 9.58. The van der Waals surface area contributed by atoms with Crippen LogP contribution in [-0.2, 0) is 27.2 Å². The summed E-state index contributed by atoms with van der Waals surface area (Å²) in [5, 5.41) is 12.5. The van der Waals surface area contributed by atoms with Gasteiger partial charge in [0.15, 0.2) is 6.61 Å². The number of nitrogens with one attached hydrogen (secondary N) is 1. The van der Waals surface area contributed by atoms with Crippen LogP contribution in [0.15, 0.2) is 24.3 Å². The number of anilines is 1. The minimum absolute atomic E-state index is 0.0535. The summed E-state index contributed by atoms with van der Waals surface area (Å²) in [6.45, 7) is 1.76. The molecule has 0 spiro atoms. The van der Waals surface area contributed by atoms with Crippen molar-refractivity contribution >= 4 is 28.2 Å². The summed E-state index contributed by atoms with van der Waals surface area (Å²) in [7, 11) is 0. The maximum atomic E-state index is 12.0. The number of carbonyl (C=O) groups is 2. The van der Waals surface area contributed by atoms with Crippen LogP contribution in [0, 0.1) is 18.3 Å². The summed E-state index contributed by atoms with van der Waals surface area (Å²) in [5.41, 5.74) is 2.66. The van der Waals surface area contributed by atoms with Crippen molar-refractivity contribution in [2.45, 2.75) is 32.6 Å². The summed E-state index contributed by atoms with van der Waals surface area (Å²) >= 11 is 1.43. The van der Waals surface area contributed by atoms with Crippen LogP contribution >= 0.6 is 11.3 Å². The van der Waals surface area contributed by atoms with Gasteiger partial charge in [-0.2, -0.15) is 5.26 Å². The van der Waals surface area contributed by atoms with Crippen LogP contribution in [0.3, 0.4) is 0 Å². The van der Waals surface area contributed by atoms with E-state index in [-0.39, 0.29) is 19.6 Å². The van der Waals surface area contributed by atoms with Gasteiger partial charge in [-0.1, -0.05) is 12.1 Å². The standard InChI is InChI=1S/C20H20N2O4S/c1-13-4-2-5-14(10-13)25-9-8-19(24)26-12-18(23)22-20-16(11-21)15-6-3-7-17(15)27-20/h2,4-5,10H,3,6-9,12H2,1H3,(H,22,23). The molecule has 0 bridgehead atoms. The minimum Gasteiger partial charge on any atom is -0.493 e. The van der Waals surface area contributed by atoms with Crippen LogP contribution in [0.25, 0.3) is 0 Å². The number of amides is 1. The van der Waals surface area contributed by atoms with Crippen molar-refractivity contribution in [1.82, 2.24) is 0 Å². The number of thiophene rings is 1. The van der Waals surface area contributed by atoms with E-state index in [9.17, 15) is 14.9 Å². The van der Waals surface area contributed by atoms with Gasteiger partial charge in [0.2, 0.25) is 0 Å². The van der Waals surface area contributed by atoms with Crippen LogP contribution in [0.4, 0.5) is 5.00 Å². The van der Waals surface area contributed by atoms with Crippen molar-refractivity contribution < 1.29 is 19.1 Å². The quantitative estimate of drug-likeness (QED) is 0.740. The highest BCUT2D eigenvalue weighted by Gasteiger charge is 2.23. The van der Waals surface area contributed by atoms with E-state index in [0.29, 0.717) is 16.3 Å². The first-order chi connectivity index (χ1) is 13.1. The van der Waals surface area contributed by atoms with Crippen molar-refractivity contribution in [1.29, 1.82) is 5.26 Å². The first kappa shape index (κ1) is 18.9. The van der Waals surface area contributed by atoms with Gasteiger partial charge in [-0.05, 0) is 49.4 Å². The number of esters is 1. The number of ether oxygens (including phenoxy) is 2. The smallest absolute Gasteiger partial charge is 0.309 e. The van der Waals surface area contributed by atoms with E-state index >= 15 is 0 Å². The van der Waals surface area contributed by atoms with E-state index < -0.39 is 11.9 Å². The molecule has 0 saturated carbocycles. The Kier molecular flexibility index (Phi) is 6.09. The maximum Gasteiger partial charge on any atom is 0.309 e. The van der Waals surface area contributed by atoms with Crippen LogP contribution < -0.4 is 10.1 Å². The fourth-order valence-electron chi connectivity index (χ4n) is 2.95. The fourth-order valence-corrected chi connectivity index (χ4v) is 4.20. The molecular formula is C20H20N2O4S. The highest BCUT2D eigenvalue weighted by Crippen LogP contribution is 2.38. The molecule has 1 aromatic heterocycles. The van der Waals surface area contributed by atoms with E-state index in [1.807, 2.05) is 31.2 Å². The molecule has 1 aliphatic carbocycles. The topological polar surface area (TPSA) is 88.4 Å². The van der Waals surface area contributed by atoms with Gasteiger partial charge >= 0.3 is 5.97 Å². The second kappa shape index (κ2) is 8.69. The number of hydrogen-bond acceptors (Lipinski definition) is 6. The third-order valence-corrected chi connectivity index (χ3v) is 5.42. The summed E-state index contributed by atoms with van der Waals surface area (Å²) in [5.74, 6) is -0.262. The summed E-state index contributed by atoms with van der Waals surface area (Å²) in [4.78, 5) is 24.9. The Morgan fingerprint density at radius 3 is 2.96 bits per heavy atom. The molecule has 2 aromatic rings. The number of nitrogens with zero attached hydrogens (tertiary/aromatic N) is 1. The highest BCUT2D eigenvalue weighted by atomic mass is 32.1. The van der Waals surface area contributed by atoms with Crippen LogP contribution in [-0.4, -0.2) is 25.1 Å². The number of aryl methyl sites for hydroxylation is 2. The Bertz CT molecular complexity index is 898. The summed E-state index contributed by atoms with van der Waals surface area (Å²) in [6.07, 6.45) is 2.92. The zero-order chi connectivity index (χ0) is 19.2. The monoisotopic (exact) mass is 384 g/mol. The second-order valence-corrected chi connectivity index (χ2v) is 7.40. The van der Waals surface area contributed by atoms with Gasteiger partial charge in [0.1, 0.15) is 16.8 Å². The molecule has 1 amide bonds. The van der Waals surface area contributed by atoms with E-state index in [1.165, 1.54) is 11.3 Å². The van der Waals surface area contributed by atoms with Crippen molar-refractivity contribution in [2.75, 3.05) is 18.5 Å². The van der Waals surface area contributed by atoms with Crippen molar-refractivity contribution in [3.8, 4) is 11.8 Å². The predicted octanol–water partition coefficient (Wildman–Crippen LogP) is 3.37. The van der Waals surface area contributed by atoms with Gasteiger partial charge in [0.25, 0.3) is 5.91 Å². The first-order valence-electron chi connectivity index (χ1n) is 8.76. The molecule has 0 fully saturated rings. The molecule has 0 unspecified atom stereocenters. The van der Waals surface area contributed by atoms with Crippen molar-refractivity contribution in [3.63, 3.8) is 0 Å². The normalized spacial score (nSPS) is 12.1. The molecule has 1 aliphatic rings. The van der Waals surface area contributed by atoms with Gasteiger partial charge in [-0.15, -0.1) is 11.3 Å². The molecule has 1 heterocycles. The fraction of sp³-hybridized carbons (Fsp3) is 0.350. The van der Waals surface area contributed by atoms with Crippen LogP contribution in [0.1, 0.15) is 34.4 Å². The largest absolute Gasteiger partial charge is 0.493 e. The second-order valence-electron chi connectivity index (χ2n) is 6.30. The Labute approximate surface area is 161 Å². The molecule has 0 atom stereocenters. The Balaban J connectivity index is 1.41. The number of carbonyl (C=O) groups excluding carboxylic acids is 2. The van der Waals surface area contributed by atoms with Gasteiger partial charge in [0, 0.05) is 4.88 Å². The molecular weight excluding hydrogens is 364 g/mol. The SMILES string of the molecule is Cc1cccc(OCCC(=O)OCC(=O)Nc2sc3c(c2C#N)CCC3)c1. The van der Waals surface area contributed by atoms with E-state index in [2.05, 4.69) is 11.4 Å². The summed E-state index contributed by atoms with van der Waals surface area (Å²) in [6, 6.07) is 9.70. The zero-order valence-corrected chi connectivity index (χ0v) is 15.9. The van der Waals surface area contributed by atoms with Gasteiger partial charge in [0.05, 0.1) is 18.6 Å². The van der Waals surface area contributed by atoms with Gasteiger partial charge in [-0.25, -0.2) is 0 Å². The molecule has 1 N–H and O–H groups in total. The number of benzene rings is 1. The minimum atomic E-state index is -0.507. The molecule has 6 nitrogen and oxygen atoms in total. The molecule has 0 saturated heterocycles. The molecule has 0 aliphatic heterocycles. The highest BCUT2D eigenvalue weighted by molar-refractivity contribution is 7.16. The third kappa shape index (κ3) is 4.86. The average molecular weight is 384 g/mol. The Morgan fingerprint density at radius 1 is 1.33 bits per heavy atom. The lowest BCUT2D eigenvalue weighted by Gasteiger charge is -2.08. The van der Waals surface area contributed by atoms with Crippen LogP contribution in [0.2, 0.25) is 0 Å². The number of hydrogen-bond donors (Lipinski definition) is 1. The molecule has 140 valence electrons. The molecule has 7 heteroatoms. The maximum absolute atomic E-state index is 12.0. The lowest BCUT2D eigenvalue weighted by molar-refractivity contribution is -0.147. The van der Waals surface area contributed by atoms with E-state index in [4.69, 9.17) is 9.47 Å². The van der Waals surface area contributed by atoms with Gasteiger partial charge in [-0.3, -0.25) is 9.59 Å². The predicted molar refractivity (Wildman–Crippen MR) is 102 cm³/mol. The number of rotatable bonds is 7. The average Bonchev–Trinajstić information content (AvgIpc) is 3.20. The molecule has 27 heavy (non-hydrogen) atoms. The molecule has 3 rings (SSSR count). The van der Waals surface area contributed by atoms with Crippen molar-refractivity contribution in [2.24, 2.45) is 0 Å². The zero-order valence-electron chi connectivity index (χ0n) is 15.0. The lowest BCUT2D eigenvalue weighted by atomic mass is 10.1. The Hall–Kier alpha value is -2.85. The molecule has 0 radical (unpaired) electrons. The molecule has 1 aromatic carbocycles. The lowest BCUT2D eigenvalue weighted by Crippen LogP contribution is -2.21.